The molecule has 1 rings (SSSR count). The van der Waals surface area contributed by atoms with Gasteiger partial charge in [0.1, 0.15) is 0 Å². The van der Waals surface area contributed by atoms with Gasteiger partial charge in [0, 0.05) is 2.74 Å². The largest absolute Gasteiger partial charge is 0.369 e. The van der Waals surface area contributed by atoms with Crippen molar-refractivity contribution in [1.29, 1.82) is 0 Å². The summed E-state index contributed by atoms with van der Waals surface area (Å²) in [7, 11) is 0. The van der Waals surface area contributed by atoms with Crippen LogP contribution in [0, 0.1) is 0 Å². The summed E-state index contributed by atoms with van der Waals surface area (Å²) in [5.41, 5.74) is 6.14. The molecule has 15 heavy (non-hydrogen) atoms. The van der Waals surface area contributed by atoms with E-state index in [1.54, 1.807) is 0 Å². The second-order valence-corrected chi connectivity index (χ2v) is 3.34. The number of nitrogens with two attached hydrogens (primary N) is 1. The van der Waals surface area contributed by atoms with E-state index in [1.807, 2.05) is 30.3 Å². The first-order valence-corrected chi connectivity index (χ1v) is 5.07. The fraction of sp³-hybridized carbons (Fsp3) is 0.417. The zero-order valence-corrected chi connectivity index (χ0v) is 8.70. The maximum atomic E-state index is 10.5. The Bertz CT molecular complexity index is 355. The lowest BCUT2D eigenvalue weighted by Gasteiger charge is -2.02. The molecule has 3 N–H and O–H groups in total. The Morgan fingerprint density at radius 2 is 2.07 bits per heavy atom. The number of hydrogen-bond acceptors (Lipinski definition) is 2. The lowest BCUT2D eigenvalue weighted by Crippen LogP contribution is -2.29. The van der Waals surface area contributed by atoms with E-state index in [9.17, 15) is 4.79 Å². The van der Waals surface area contributed by atoms with Gasteiger partial charge >= 0.3 is 0 Å². The molecule has 0 radical (unpaired) electrons. The van der Waals surface area contributed by atoms with Gasteiger partial charge in [0.25, 0.3) is 0 Å². The first kappa shape index (κ1) is 8.92. The highest BCUT2D eigenvalue weighted by Crippen LogP contribution is 2.03. The van der Waals surface area contributed by atoms with Crippen molar-refractivity contribution in [3.05, 3.63) is 35.9 Å². The third-order valence-electron chi connectivity index (χ3n) is 2.00. The van der Waals surface area contributed by atoms with Crippen LogP contribution in [0.1, 0.15) is 21.1 Å². The van der Waals surface area contributed by atoms with E-state index in [0.717, 1.165) is 12.8 Å². The molecule has 0 atom stereocenters. The van der Waals surface area contributed by atoms with Crippen LogP contribution in [0.5, 0.6) is 0 Å². The van der Waals surface area contributed by atoms with E-state index >= 15 is 0 Å². The molecule has 0 saturated carbocycles. The summed E-state index contributed by atoms with van der Waals surface area (Å²) in [5.74, 6) is -0.545. The summed E-state index contributed by atoms with van der Waals surface area (Å²) in [6.07, 6.45) is 1.91. The van der Waals surface area contributed by atoms with Gasteiger partial charge in [-0.15, -0.1) is 0 Å². The Morgan fingerprint density at radius 1 is 1.33 bits per heavy atom. The van der Waals surface area contributed by atoms with Gasteiger partial charge < -0.3 is 11.1 Å². The lowest BCUT2D eigenvalue weighted by atomic mass is 10.1. The molecule has 0 unspecified atom stereocenters. The third kappa shape index (κ3) is 5.86. The monoisotopic (exact) mass is 208 g/mol. The fourth-order valence-electron chi connectivity index (χ4n) is 1.26. The molecular weight excluding hydrogens is 188 g/mol. The minimum Gasteiger partial charge on any atom is -0.369 e. The molecule has 3 heteroatoms. The summed E-state index contributed by atoms with van der Waals surface area (Å²) in [6.45, 7) is -1.66. The van der Waals surface area contributed by atoms with Crippen LogP contribution in [0.4, 0.5) is 0 Å². The third-order valence-corrected chi connectivity index (χ3v) is 2.00. The molecule has 0 saturated heterocycles. The van der Waals surface area contributed by atoms with Gasteiger partial charge in [-0.25, -0.2) is 0 Å². The van der Waals surface area contributed by atoms with Crippen LogP contribution < -0.4 is 11.1 Å². The molecule has 0 spiro atoms. The molecule has 0 aromatic heterocycles. The van der Waals surface area contributed by atoms with E-state index in [4.69, 9.17) is 8.48 Å². The van der Waals surface area contributed by atoms with Crippen molar-refractivity contribution in [2.45, 2.75) is 19.3 Å². The highest BCUT2D eigenvalue weighted by Gasteiger charge is 1.94. The van der Waals surface area contributed by atoms with Crippen molar-refractivity contribution in [3.8, 4) is 0 Å². The van der Waals surface area contributed by atoms with E-state index in [-0.39, 0.29) is 6.54 Å². The van der Waals surface area contributed by atoms with Crippen molar-refractivity contribution in [2.75, 3.05) is 13.0 Å². The molecule has 3 nitrogen and oxygen atoms in total. The minimum atomic E-state index is -1.54. The molecule has 0 aliphatic carbocycles. The zero-order chi connectivity index (χ0) is 12.7. The highest BCUT2D eigenvalue weighted by atomic mass is 16.1. The van der Waals surface area contributed by atoms with E-state index < -0.39 is 12.4 Å². The summed E-state index contributed by atoms with van der Waals surface area (Å²) in [4.78, 5) is 10.5. The van der Waals surface area contributed by atoms with Gasteiger partial charge in [-0.3, -0.25) is 4.79 Å². The minimum absolute atomic E-state index is 0.127. The molecule has 0 heterocycles. The van der Waals surface area contributed by atoms with Gasteiger partial charge in [0.15, 0.2) is 0 Å². The van der Waals surface area contributed by atoms with E-state index in [2.05, 4.69) is 5.32 Å². The highest BCUT2D eigenvalue weighted by molar-refractivity contribution is 5.75. The second kappa shape index (κ2) is 7.01. The van der Waals surface area contributed by atoms with Crippen molar-refractivity contribution in [1.82, 2.24) is 5.32 Å². The number of primary amides is 1. The van der Waals surface area contributed by atoms with Gasteiger partial charge in [-0.05, 0) is 31.3 Å². The number of benzene rings is 1. The van der Waals surface area contributed by atoms with Crippen molar-refractivity contribution in [2.24, 2.45) is 5.73 Å². The SMILES string of the molecule is [2H]C([2H])(CCCc1ccccc1)NCC(N)=O. The predicted molar refractivity (Wildman–Crippen MR) is 61.4 cm³/mol. The molecule has 1 amide bonds. The van der Waals surface area contributed by atoms with Gasteiger partial charge in [-0.1, -0.05) is 30.3 Å². The molecule has 0 aliphatic heterocycles. The average molecular weight is 208 g/mol. The van der Waals surface area contributed by atoms with Crippen LogP contribution >= 0.6 is 0 Å². The van der Waals surface area contributed by atoms with Crippen LogP contribution in [0.2, 0.25) is 0 Å². The lowest BCUT2D eigenvalue weighted by molar-refractivity contribution is -0.117. The van der Waals surface area contributed by atoms with Crippen LogP contribution in [0.3, 0.4) is 0 Å². The summed E-state index contributed by atoms with van der Waals surface area (Å²) >= 11 is 0. The quantitative estimate of drug-likeness (QED) is 0.704. The standard InChI is InChI=1S/C12H18N2O/c13-12(15)10-14-9-5-4-8-11-6-2-1-3-7-11/h1-3,6-7,14H,4-5,8-10H2,(H2,13,15)/i9D2. The second-order valence-electron chi connectivity index (χ2n) is 3.34. The average Bonchev–Trinajstić information content (AvgIpc) is 2.28. The summed E-state index contributed by atoms with van der Waals surface area (Å²) in [6, 6.07) is 9.93. The molecule has 0 aliphatic rings. The van der Waals surface area contributed by atoms with Crippen molar-refractivity contribution < 1.29 is 7.54 Å². The first-order chi connectivity index (χ1) is 7.99. The molecule has 1 aromatic carbocycles. The smallest absolute Gasteiger partial charge is 0.231 e. The summed E-state index contributed by atoms with van der Waals surface area (Å²) in [5, 5.41) is 2.50. The van der Waals surface area contributed by atoms with E-state index in [1.165, 1.54) is 5.56 Å². The molecule has 1 aromatic rings. The number of carbonyl (C=O) groups is 1. The summed E-state index contributed by atoms with van der Waals surface area (Å²) < 4.78 is 15.3. The van der Waals surface area contributed by atoms with E-state index in [0.29, 0.717) is 6.42 Å². The fourth-order valence-corrected chi connectivity index (χ4v) is 1.26. The Balaban J connectivity index is 2.27. The Morgan fingerprint density at radius 3 is 2.73 bits per heavy atom. The Labute approximate surface area is 93.5 Å². The Hall–Kier alpha value is -1.35. The maximum absolute atomic E-state index is 10.5. The van der Waals surface area contributed by atoms with Crippen LogP contribution in [0.25, 0.3) is 0 Å². The zero-order valence-electron chi connectivity index (χ0n) is 10.7. The normalized spacial score (nSPS) is 13.1. The number of aryl methyl sites for hydroxylation is 1. The maximum Gasteiger partial charge on any atom is 0.231 e. The number of amides is 1. The predicted octanol–water partition coefficient (Wildman–Crippen LogP) is 1.08. The first-order valence-electron chi connectivity index (χ1n) is 6.07. The number of carbonyl (C=O) groups excluding carboxylic acids is 1. The van der Waals surface area contributed by atoms with Gasteiger partial charge in [-0.2, -0.15) is 0 Å². The van der Waals surface area contributed by atoms with Crippen molar-refractivity contribution in [3.63, 3.8) is 0 Å². The van der Waals surface area contributed by atoms with Crippen LogP contribution in [-0.2, 0) is 11.2 Å². The molecule has 0 fully saturated rings. The molecule has 82 valence electrons. The number of rotatable bonds is 7. The van der Waals surface area contributed by atoms with Gasteiger partial charge in [0.05, 0.1) is 6.54 Å². The van der Waals surface area contributed by atoms with Crippen LogP contribution in [-0.4, -0.2) is 18.9 Å². The number of hydrogen-bond donors (Lipinski definition) is 2. The Kier molecular flexibility index (Phi) is 4.17. The van der Waals surface area contributed by atoms with Crippen molar-refractivity contribution >= 4 is 5.91 Å². The van der Waals surface area contributed by atoms with Gasteiger partial charge in [0.2, 0.25) is 5.91 Å². The molecule has 0 bridgehead atoms. The molecular formula is C12H18N2O. The topological polar surface area (TPSA) is 55.1 Å². The number of nitrogens with one attached hydrogen (secondary N) is 1. The van der Waals surface area contributed by atoms with Crippen LogP contribution in [0.15, 0.2) is 30.3 Å².